The van der Waals surface area contributed by atoms with Crippen molar-refractivity contribution in [1.82, 2.24) is 15.4 Å². The molecule has 6 nitrogen and oxygen atoms in total. The van der Waals surface area contributed by atoms with Gasteiger partial charge in [-0.1, -0.05) is 41.1 Å². The Morgan fingerprint density at radius 1 is 1.32 bits per heavy atom. The van der Waals surface area contributed by atoms with Gasteiger partial charge in [0.05, 0.1) is 17.5 Å². The van der Waals surface area contributed by atoms with Gasteiger partial charge in [0, 0.05) is 16.8 Å². The Kier molecular flexibility index (Phi) is 5.75. The fourth-order valence-electron chi connectivity index (χ4n) is 1.92. The SMILES string of the molecule is Cc1csc(CC(=O)N/N=C/c2sc(Nc3ccccc3)nc2Cl)n1. The summed E-state index contributed by atoms with van der Waals surface area (Å²) in [5.74, 6) is -0.228. The maximum absolute atomic E-state index is 11.8. The van der Waals surface area contributed by atoms with Gasteiger partial charge in [0.15, 0.2) is 10.3 Å². The van der Waals surface area contributed by atoms with Crippen molar-refractivity contribution in [1.29, 1.82) is 0 Å². The van der Waals surface area contributed by atoms with E-state index in [0.717, 1.165) is 16.4 Å². The van der Waals surface area contributed by atoms with E-state index in [2.05, 4.69) is 25.8 Å². The number of carbonyl (C=O) groups is 1. The van der Waals surface area contributed by atoms with Crippen LogP contribution in [0.25, 0.3) is 0 Å². The first-order valence-electron chi connectivity index (χ1n) is 7.31. The van der Waals surface area contributed by atoms with Gasteiger partial charge in [0.1, 0.15) is 5.01 Å². The van der Waals surface area contributed by atoms with E-state index in [1.165, 1.54) is 28.9 Å². The first kappa shape index (κ1) is 17.5. The molecule has 0 fully saturated rings. The summed E-state index contributed by atoms with van der Waals surface area (Å²) in [6.07, 6.45) is 1.69. The van der Waals surface area contributed by atoms with Crippen molar-refractivity contribution >= 4 is 57.2 Å². The highest BCUT2D eigenvalue weighted by molar-refractivity contribution is 7.17. The van der Waals surface area contributed by atoms with Crippen LogP contribution in [0.3, 0.4) is 0 Å². The zero-order valence-electron chi connectivity index (χ0n) is 13.2. The van der Waals surface area contributed by atoms with Crippen LogP contribution in [0.2, 0.25) is 5.15 Å². The molecule has 2 N–H and O–H groups in total. The maximum Gasteiger partial charge on any atom is 0.246 e. The van der Waals surface area contributed by atoms with Gasteiger partial charge >= 0.3 is 0 Å². The molecular formula is C16H14ClN5OS2. The lowest BCUT2D eigenvalue weighted by molar-refractivity contribution is -0.120. The Bertz CT molecular complexity index is 891. The third-order valence-corrected chi connectivity index (χ3v) is 5.26. The number of hydrogen-bond donors (Lipinski definition) is 2. The minimum atomic E-state index is -0.228. The first-order valence-corrected chi connectivity index (χ1v) is 9.39. The van der Waals surface area contributed by atoms with E-state index < -0.39 is 0 Å². The zero-order chi connectivity index (χ0) is 17.6. The number of anilines is 2. The summed E-state index contributed by atoms with van der Waals surface area (Å²) in [4.78, 5) is 21.0. The normalized spacial score (nSPS) is 11.0. The first-order chi connectivity index (χ1) is 12.1. The molecule has 0 radical (unpaired) electrons. The van der Waals surface area contributed by atoms with Crippen LogP contribution in [0.15, 0.2) is 40.8 Å². The van der Waals surface area contributed by atoms with Gasteiger partial charge in [-0.2, -0.15) is 5.10 Å². The number of halogens is 1. The van der Waals surface area contributed by atoms with Gasteiger partial charge in [-0.25, -0.2) is 15.4 Å². The van der Waals surface area contributed by atoms with E-state index in [1.54, 1.807) is 0 Å². The predicted octanol–water partition coefficient (Wildman–Crippen LogP) is 4.00. The lowest BCUT2D eigenvalue weighted by atomic mass is 10.3. The van der Waals surface area contributed by atoms with Crippen LogP contribution in [-0.2, 0) is 11.2 Å². The highest BCUT2D eigenvalue weighted by atomic mass is 35.5. The number of benzene rings is 1. The fraction of sp³-hybridized carbons (Fsp3) is 0.125. The Morgan fingerprint density at radius 3 is 2.84 bits per heavy atom. The molecule has 0 aliphatic rings. The molecule has 0 unspecified atom stereocenters. The summed E-state index contributed by atoms with van der Waals surface area (Å²) in [7, 11) is 0. The number of rotatable bonds is 6. The second kappa shape index (κ2) is 8.19. The number of aromatic nitrogens is 2. The van der Waals surface area contributed by atoms with E-state index in [0.29, 0.717) is 15.2 Å². The molecule has 9 heteroatoms. The minimum Gasteiger partial charge on any atom is -0.331 e. The topological polar surface area (TPSA) is 79.3 Å². The Morgan fingerprint density at radius 2 is 2.12 bits per heavy atom. The van der Waals surface area contributed by atoms with Crippen LogP contribution in [0.4, 0.5) is 10.8 Å². The summed E-state index contributed by atoms with van der Waals surface area (Å²) in [5, 5.41) is 10.8. The highest BCUT2D eigenvalue weighted by Gasteiger charge is 2.09. The van der Waals surface area contributed by atoms with Gasteiger partial charge in [-0.3, -0.25) is 4.79 Å². The van der Waals surface area contributed by atoms with Crippen LogP contribution < -0.4 is 10.7 Å². The largest absolute Gasteiger partial charge is 0.331 e. The Balaban J connectivity index is 1.57. The number of aryl methyl sites for hydroxylation is 1. The van der Waals surface area contributed by atoms with Crippen molar-refractivity contribution in [3.8, 4) is 0 Å². The van der Waals surface area contributed by atoms with Gasteiger partial charge < -0.3 is 5.32 Å². The van der Waals surface area contributed by atoms with E-state index in [9.17, 15) is 4.79 Å². The number of hydrogen-bond acceptors (Lipinski definition) is 7. The fourth-order valence-corrected chi connectivity index (χ4v) is 3.73. The molecule has 25 heavy (non-hydrogen) atoms. The van der Waals surface area contributed by atoms with E-state index in [1.807, 2.05) is 42.6 Å². The van der Waals surface area contributed by atoms with Gasteiger partial charge in [0.2, 0.25) is 5.91 Å². The van der Waals surface area contributed by atoms with Crippen molar-refractivity contribution in [3.63, 3.8) is 0 Å². The van der Waals surface area contributed by atoms with Crippen LogP contribution in [-0.4, -0.2) is 22.1 Å². The molecule has 0 saturated heterocycles. The van der Waals surface area contributed by atoms with Crippen molar-refractivity contribution in [2.24, 2.45) is 5.10 Å². The highest BCUT2D eigenvalue weighted by Crippen LogP contribution is 2.27. The molecule has 3 aromatic rings. The number of nitrogens with zero attached hydrogens (tertiary/aromatic N) is 3. The lowest BCUT2D eigenvalue weighted by Crippen LogP contribution is -2.19. The standard InChI is InChI=1S/C16H14ClN5OS2/c1-10-9-24-14(19-10)7-13(23)22-18-8-12-15(17)21-16(25-12)20-11-5-3-2-4-6-11/h2-6,8-9H,7H2,1H3,(H,20,21)(H,22,23)/b18-8+. The summed E-state index contributed by atoms with van der Waals surface area (Å²) >= 11 is 8.91. The van der Waals surface area contributed by atoms with Crippen molar-refractivity contribution in [2.45, 2.75) is 13.3 Å². The third kappa shape index (κ3) is 5.09. The molecule has 3 rings (SSSR count). The average Bonchev–Trinajstić information content (AvgIpc) is 3.14. The summed E-state index contributed by atoms with van der Waals surface area (Å²) in [5.41, 5.74) is 4.30. The second-order valence-electron chi connectivity index (χ2n) is 5.02. The molecule has 0 aliphatic heterocycles. The predicted molar refractivity (Wildman–Crippen MR) is 103 cm³/mol. The van der Waals surface area contributed by atoms with Gasteiger partial charge in [0.25, 0.3) is 0 Å². The third-order valence-electron chi connectivity index (χ3n) is 2.98. The maximum atomic E-state index is 11.8. The minimum absolute atomic E-state index is 0.201. The van der Waals surface area contributed by atoms with Crippen molar-refractivity contribution in [2.75, 3.05) is 5.32 Å². The van der Waals surface area contributed by atoms with E-state index in [4.69, 9.17) is 11.6 Å². The van der Waals surface area contributed by atoms with Gasteiger partial charge in [-0.05, 0) is 19.1 Å². The Hall–Kier alpha value is -2.29. The molecular weight excluding hydrogens is 378 g/mol. The molecule has 2 aromatic heterocycles. The van der Waals surface area contributed by atoms with Crippen LogP contribution in [0, 0.1) is 6.92 Å². The monoisotopic (exact) mass is 391 g/mol. The number of nitrogens with one attached hydrogen (secondary N) is 2. The number of hydrazone groups is 1. The van der Waals surface area contributed by atoms with Gasteiger partial charge in [-0.15, -0.1) is 11.3 Å². The molecule has 0 bridgehead atoms. The number of amides is 1. The molecule has 1 amide bonds. The summed E-state index contributed by atoms with van der Waals surface area (Å²) in [6, 6.07) is 9.67. The van der Waals surface area contributed by atoms with Crippen molar-refractivity contribution in [3.05, 3.63) is 56.4 Å². The number of para-hydroxylation sites is 1. The van der Waals surface area contributed by atoms with Crippen molar-refractivity contribution < 1.29 is 4.79 Å². The zero-order valence-corrected chi connectivity index (χ0v) is 15.6. The molecule has 1 aromatic carbocycles. The van der Waals surface area contributed by atoms with E-state index >= 15 is 0 Å². The number of carbonyl (C=O) groups excluding carboxylic acids is 1. The molecule has 0 aliphatic carbocycles. The Labute approximate surface area is 157 Å². The number of thiazole rings is 2. The smallest absolute Gasteiger partial charge is 0.246 e. The molecule has 128 valence electrons. The summed E-state index contributed by atoms with van der Waals surface area (Å²) < 4.78 is 0. The summed E-state index contributed by atoms with van der Waals surface area (Å²) in [6.45, 7) is 1.89. The van der Waals surface area contributed by atoms with Crippen LogP contribution in [0.1, 0.15) is 15.6 Å². The molecule has 2 heterocycles. The average molecular weight is 392 g/mol. The molecule has 0 atom stereocenters. The quantitative estimate of drug-likeness (QED) is 0.491. The molecule has 0 saturated carbocycles. The lowest BCUT2D eigenvalue weighted by Gasteiger charge is -1.99. The van der Waals surface area contributed by atoms with Crippen LogP contribution in [0.5, 0.6) is 0 Å². The molecule has 0 spiro atoms. The second-order valence-corrected chi connectivity index (χ2v) is 7.35. The van der Waals surface area contributed by atoms with E-state index in [-0.39, 0.29) is 12.3 Å². The van der Waals surface area contributed by atoms with Crippen LogP contribution >= 0.6 is 34.3 Å².